The number of carbonyl (C=O) groups is 1. The Kier molecular flexibility index (Phi) is 8.60. The summed E-state index contributed by atoms with van der Waals surface area (Å²) in [5.74, 6) is 1.55. The lowest BCUT2D eigenvalue weighted by atomic mass is 10.2. The van der Waals surface area contributed by atoms with Crippen molar-refractivity contribution in [3.63, 3.8) is 0 Å². The van der Waals surface area contributed by atoms with Crippen LogP contribution in [0.5, 0.6) is 17.2 Å². The standard InChI is InChI=1S/C20H18Cl2N4O5S/c1-28-16-5-3-12(7-17(16)29-2)9-23-24-18(27)11-32-20-26-25-19(31-20)10-30-15-6-4-13(21)8-14(15)22/h3-9H,10-11H2,1-2H3,(H,24,27)/b23-9-. The average molecular weight is 497 g/mol. The Bertz CT molecular complexity index is 1110. The van der Waals surface area contributed by atoms with Crippen LogP contribution in [0.15, 0.2) is 51.1 Å². The molecule has 1 amide bonds. The summed E-state index contributed by atoms with van der Waals surface area (Å²) in [5.41, 5.74) is 3.16. The van der Waals surface area contributed by atoms with Crippen LogP contribution in [0.2, 0.25) is 10.0 Å². The second-order valence-corrected chi connectivity index (χ2v) is 7.79. The smallest absolute Gasteiger partial charge is 0.277 e. The zero-order valence-electron chi connectivity index (χ0n) is 17.0. The van der Waals surface area contributed by atoms with Gasteiger partial charge in [0.2, 0.25) is 0 Å². The number of aromatic nitrogens is 2. The first-order chi connectivity index (χ1) is 15.5. The van der Waals surface area contributed by atoms with Crippen molar-refractivity contribution in [3.05, 3.63) is 57.9 Å². The second kappa shape index (κ2) is 11.6. The highest BCUT2D eigenvalue weighted by molar-refractivity contribution is 7.99. The molecule has 0 atom stereocenters. The van der Waals surface area contributed by atoms with E-state index in [1.807, 2.05) is 0 Å². The van der Waals surface area contributed by atoms with E-state index in [0.717, 1.165) is 17.3 Å². The predicted octanol–water partition coefficient (Wildman–Crippen LogP) is 4.22. The molecule has 0 aliphatic rings. The van der Waals surface area contributed by atoms with E-state index in [4.69, 9.17) is 41.8 Å². The third kappa shape index (κ3) is 6.78. The predicted molar refractivity (Wildman–Crippen MR) is 121 cm³/mol. The van der Waals surface area contributed by atoms with Crippen molar-refractivity contribution in [2.45, 2.75) is 11.8 Å². The molecule has 168 valence electrons. The minimum Gasteiger partial charge on any atom is -0.493 e. The van der Waals surface area contributed by atoms with Crippen molar-refractivity contribution in [2.75, 3.05) is 20.0 Å². The minimum absolute atomic E-state index is 0.0245. The van der Waals surface area contributed by atoms with Gasteiger partial charge in [-0.2, -0.15) is 5.10 Å². The molecule has 1 N–H and O–H groups in total. The van der Waals surface area contributed by atoms with Crippen molar-refractivity contribution in [1.29, 1.82) is 0 Å². The molecule has 1 heterocycles. The Hall–Kier alpha value is -2.95. The third-order valence-corrected chi connectivity index (χ3v) is 5.18. The van der Waals surface area contributed by atoms with Gasteiger partial charge in [-0.25, -0.2) is 5.43 Å². The first-order valence-corrected chi connectivity index (χ1v) is 10.8. The Morgan fingerprint density at radius 1 is 1.12 bits per heavy atom. The largest absolute Gasteiger partial charge is 0.493 e. The van der Waals surface area contributed by atoms with Crippen LogP contribution in [-0.2, 0) is 11.4 Å². The molecule has 3 aromatic rings. The highest BCUT2D eigenvalue weighted by atomic mass is 35.5. The molecule has 9 nitrogen and oxygen atoms in total. The van der Waals surface area contributed by atoms with Crippen molar-refractivity contribution < 1.29 is 23.4 Å². The van der Waals surface area contributed by atoms with Crippen LogP contribution in [0.25, 0.3) is 0 Å². The highest BCUT2D eigenvalue weighted by Gasteiger charge is 2.11. The van der Waals surface area contributed by atoms with Gasteiger partial charge < -0.3 is 18.6 Å². The number of ether oxygens (including phenoxy) is 3. The van der Waals surface area contributed by atoms with Crippen molar-refractivity contribution >= 4 is 47.1 Å². The lowest BCUT2D eigenvalue weighted by molar-refractivity contribution is -0.118. The molecule has 0 unspecified atom stereocenters. The van der Waals surface area contributed by atoms with Gasteiger partial charge in [0.05, 0.1) is 31.2 Å². The maximum absolute atomic E-state index is 12.0. The van der Waals surface area contributed by atoms with E-state index in [0.29, 0.717) is 27.3 Å². The van der Waals surface area contributed by atoms with E-state index in [9.17, 15) is 4.79 Å². The number of hydrogen-bond donors (Lipinski definition) is 1. The van der Waals surface area contributed by atoms with Gasteiger partial charge >= 0.3 is 0 Å². The Balaban J connectivity index is 1.44. The number of rotatable bonds is 10. The van der Waals surface area contributed by atoms with Crippen molar-refractivity contribution in [1.82, 2.24) is 15.6 Å². The molecule has 2 aromatic carbocycles. The summed E-state index contributed by atoms with van der Waals surface area (Å²) in [4.78, 5) is 12.0. The molecule has 0 saturated heterocycles. The lowest BCUT2D eigenvalue weighted by Gasteiger charge is -2.07. The summed E-state index contributed by atoms with van der Waals surface area (Å²) in [6, 6.07) is 10.1. The van der Waals surface area contributed by atoms with Gasteiger partial charge in [0.25, 0.3) is 17.0 Å². The van der Waals surface area contributed by atoms with Crippen LogP contribution in [-0.4, -0.2) is 42.3 Å². The zero-order valence-corrected chi connectivity index (χ0v) is 19.3. The summed E-state index contributed by atoms with van der Waals surface area (Å²) in [7, 11) is 3.10. The molecular formula is C20H18Cl2N4O5S. The fourth-order valence-electron chi connectivity index (χ4n) is 2.36. The van der Waals surface area contributed by atoms with E-state index in [1.54, 1.807) is 50.6 Å². The molecule has 0 saturated carbocycles. The first kappa shape index (κ1) is 23.7. The fraction of sp³-hybridized carbons (Fsp3) is 0.200. The minimum atomic E-state index is -0.337. The number of halogens is 2. The summed E-state index contributed by atoms with van der Waals surface area (Å²) in [6.45, 7) is 0.0245. The molecule has 3 rings (SSSR count). The van der Waals surface area contributed by atoms with Gasteiger partial charge in [0.15, 0.2) is 18.1 Å². The number of amides is 1. The van der Waals surface area contributed by atoms with Crippen LogP contribution in [0.1, 0.15) is 11.5 Å². The number of nitrogens with one attached hydrogen (secondary N) is 1. The maximum Gasteiger partial charge on any atom is 0.277 e. The maximum atomic E-state index is 12.0. The topological polar surface area (TPSA) is 108 Å². The van der Waals surface area contributed by atoms with Crippen LogP contribution >= 0.6 is 35.0 Å². The fourth-order valence-corrected chi connectivity index (χ4v) is 3.39. The number of methoxy groups -OCH3 is 2. The van der Waals surface area contributed by atoms with Crippen molar-refractivity contribution in [3.8, 4) is 17.2 Å². The molecule has 0 fully saturated rings. The third-order valence-electron chi connectivity index (χ3n) is 3.83. The van der Waals surface area contributed by atoms with E-state index in [-0.39, 0.29) is 29.4 Å². The SMILES string of the molecule is COc1ccc(/C=N\NC(=O)CSc2nnc(COc3ccc(Cl)cc3Cl)o2)cc1OC. The molecule has 32 heavy (non-hydrogen) atoms. The molecule has 0 aliphatic heterocycles. The molecule has 0 aliphatic carbocycles. The average Bonchev–Trinajstić information content (AvgIpc) is 3.25. The number of carbonyl (C=O) groups excluding carboxylic acids is 1. The number of hydrazone groups is 1. The molecular weight excluding hydrogens is 479 g/mol. The van der Waals surface area contributed by atoms with Crippen LogP contribution in [0.4, 0.5) is 0 Å². The Labute approximate surface area is 198 Å². The van der Waals surface area contributed by atoms with E-state index in [1.165, 1.54) is 6.21 Å². The van der Waals surface area contributed by atoms with Gasteiger partial charge in [-0.05, 0) is 42.0 Å². The molecule has 0 bridgehead atoms. The number of hydrogen-bond acceptors (Lipinski definition) is 9. The normalized spacial score (nSPS) is 10.9. The number of benzene rings is 2. The quantitative estimate of drug-likeness (QED) is 0.252. The summed E-state index contributed by atoms with van der Waals surface area (Å²) in [6.07, 6.45) is 1.49. The lowest BCUT2D eigenvalue weighted by Crippen LogP contribution is -2.19. The second-order valence-electron chi connectivity index (χ2n) is 6.02. The van der Waals surface area contributed by atoms with Gasteiger partial charge in [-0.15, -0.1) is 10.2 Å². The zero-order chi connectivity index (χ0) is 22.9. The Morgan fingerprint density at radius 2 is 1.91 bits per heavy atom. The van der Waals surface area contributed by atoms with Crippen LogP contribution in [0.3, 0.4) is 0 Å². The summed E-state index contributed by atoms with van der Waals surface area (Å²) < 4.78 is 21.4. The molecule has 1 aromatic heterocycles. The van der Waals surface area contributed by atoms with Crippen LogP contribution < -0.4 is 19.6 Å². The summed E-state index contributed by atoms with van der Waals surface area (Å²) >= 11 is 13.0. The monoisotopic (exact) mass is 496 g/mol. The number of thioether (sulfide) groups is 1. The van der Waals surface area contributed by atoms with Crippen molar-refractivity contribution in [2.24, 2.45) is 5.10 Å². The van der Waals surface area contributed by atoms with Crippen LogP contribution in [0, 0.1) is 0 Å². The van der Waals surface area contributed by atoms with E-state index in [2.05, 4.69) is 20.7 Å². The highest BCUT2D eigenvalue weighted by Crippen LogP contribution is 2.28. The van der Waals surface area contributed by atoms with Gasteiger partial charge in [-0.3, -0.25) is 4.79 Å². The number of nitrogens with zero attached hydrogens (tertiary/aromatic N) is 3. The molecule has 0 spiro atoms. The van der Waals surface area contributed by atoms with E-state index < -0.39 is 0 Å². The van der Waals surface area contributed by atoms with Gasteiger partial charge in [0.1, 0.15) is 5.75 Å². The first-order valence-electron chi connectivity index (χ1n) is 9.05. The van der Waals surface area contributed by atoms with E-state index >= 15 is 0 Å². The molecule has 12 heteroatoms. The summed E-state index contributed by atoms with van der Waals surface area (Å²) in [5, 5.41) is 12.8. The molecule has 0 radical (unpaired) electrons. The Morgan fingerprint density at radius 3 is 2.66 bits per heavy atom. The van der Waals surface area contributed by atoms with Gasteiger partial charge in [0, 0.05) is 5.02 Å². The van der Waals surface area contributed by atoms with Gasteiger partial charge in [-0.1, -0.05) is 35.0 Å².